The molecule has 0 aliphatic rings. The average Bonchev–Trinajstić information content (AvgIpc) is 3.14. The molecule has 6 nitrogen and oxygen atoms in total. The number of fused-ring (bicyclic) bond motifs is 2. The highest BCUT2D eigenvalue weighted by Gasteiger charge is 2.24. The Morgan fingerprint density at radius 3 is 2.57 bits per heavy atom. The fraction of sp³-hybridized carbons (Fsp3) is 0.227. The van der Waals surface area contributed by atoms with Gasteiger partial charge in [0.15, 0.2) is 5.13 Å². The lowest BCUT2D eigenvalue weighted by molar-refractivity contribution is 0.0982. The van der Waals surface area contributed by atoms with Crippen molar-refractivity contribution < 1.29 is 9.21 Å². The Morgan fingerprint density at radius 1 is 1.07 bits per heavy atom. The molecule has 0 radical (unpaired) electrons. The number of amides is 1. The molecule has 2 heterocycles. The predicted molar refractivity (Wildman–Crippen MR) is 124 cm³/mol. The van der Waals surface area contributed by atoms with Crippen molar-refractivity contribution >= 4 is 56.0 Å². The largest absolute Gasteiger partial charge is 0.422 e. The molecule has 1 amide bonds. The first-order valence-electron chi connectivity index (χ1n) is 9.38. The Kier molecular flexibility index (Phi) is 6.87. The summed E-state index contributed by atoms with van der Waals surface area (Å²) in [6.07, 6.45) is 0.758. The molecule has 0 saturated carbocycles. The molecule has 0 aliphatic heterocycles. The number of hydrogen-bond donors (Lipinski definition) is 0. The maximum atomic E-state index is 13.4. The van der Waals surface area contributed by atoms with Crippen LogP contribution in [-0.2, 0) is 0 Å². The minimum atomic E-state index is -0.632. The van der Waals surface area contributed by atoms with Crippen molar-refractivity contribution in [3.05, 3.63) is 70.6 Å². The summed E-state index contributed by atoms with van der Waals surface area (Å²) in [6.45, 7) is 1.28. The molecule has 8 heteroatoms. The summed E-state index contributed by atoms with van der Waals surface area (Å²) < 4.78 is 6.37. The molecule has 0 unspecified atom stereocenters. The third kappa shape index (κ3) is 4.53. The number of aromatic nitrogens is 1. The summed E-state index contributed by atoms with van der Waals surface area (Å²) in [4.78, 5) is 34.2. The van der Waals surface area contributed by atoms with Crippen molar-refractivity contribution in [2.75, 3.05) is 32.1 Å². The second-order valence-corrected chi connectivity index (χ2v) is 8.07. The summed E-state index contributed by atoms with van der Waals surface area (Å²) >= 11 is 1.44. The van der Waals surface area contributed by atoms with Gasteiger partial charge in [-0.25, -0.2) is 9.78 Å². The van der Waals surface area contributed by atoms with Crippen molar-refractivity contribution in [3.63, 3.8) is 0 Å². The third-order valence-electron chi connectivity index (χ3n) is 4.62. The minimum Gasteiger partial charge on any atom is -0.422 e. The van der Waals surface area contributed by atoms with Crippen LogP contribution >= 0.6 is 23.7 Å². The first-order valence-corrected chi connectivity index (χ1v) is 10.2. The molecule has 156 valence electrons. The van der Waals surface area contributed by atoms with Crippen LogP contribution in [0.5, 0.6) is 0 Å². The first-order chi connectivity index (χ1) is 14.0. The molecule has 0 bridgehead atoms. The molecule has 2 aromatic carbocycles. The maximum Gasteiger partial charge on any atom is 0.349 e. The van der Waals surface area contributed by atoms with Crippen molar-refractivity contribution in [1.82, 2.24) is 9.88 Å². The highest BCUT2D eigenvalue weighted by Crippen LogP contribution is 2.29. The molecule has 0 atom stereocenters. The number of anilines is 1. The van der Waals surface area contributed by atoms with E-state index in [4.69, 9.17) is 4.42 Å². The van der Waals surface area contributed by atoms with Gasteiger partial charge >= 0.3 is 5.63 Å². The summed E-state index contributed by atoms with van der Waals surface area (Å²) in [7, 11) is 3.98. The second-order valence-electron chi connectivity index (χ2n) is 7.06. The number of nitrogens with zero attached hydrogens (tertiary/aromatic N) is 3. The molecule has 30 heavy (non-hydrogen) atoms. The molecule has 4 rings (SSSR count). The van der Waals surface area contributed by atoms with Crippen LogP contribution in [-0.4, -0.2) is 43.0 Å². The molecule has 0 aliphatic carbocycles. The van der Waals surface area contributed by atoms with Crippen LogP contribution in [0.15, 0.2) is 63.8 Å². The van der Waals surface area contributed by atoms with Crippen LogP contribution in [0.25, 0.3) is 21.2 Å². The van der Waals surface area contributed by atoms with Crippen LogP contribution in [0.1, 0.15) is 16.8 Å². The van der Waals surface area contributed by atoms with Gasteiger partial charge in [-0.05, 0) is 51.3 Å². The first kappa shape index (κ1) is 22.0. The molecule has 0 fully saturated rings. The van der Waals surface area contributed by atoms with E-state index in [1.165, 1.54) is 11.3 Å². The van der Waals surface area contributed by atoms with E-state index in [0.29, 0.717) is 22.6 Å². The number of benzene rings is 2. The molecule has 0 saturated heterocycles. The number of rotatable bonds is 6. The number of thiazole rings is 1. The van der Waals surface area contributed by atoms with Crippen LogP contribution in [0, 0.1) is 0 Å². The zero-order valence-corrected chi connectivity index (χ0v) is 18.3. The van der Waals surface area contributed by atoms with Gasteiger partial charge in [0, 0.05) is 11.9 Å². The van der Waals surface area contributed by atoms with Gasteiger partial charge in [0.25, 0.3) is 5.91 Å². The third-order valence-corrected chi connectivity index (χ3v) is 5.68. The SMILES string of the molecule is CN(C)CCCN(C(=O)c1cc2ccccc2oc1=O)c1nc2ccccc2s1.Cl. The lowest BCUT2D eigenvalue weighted by Crippen LogP contribution is -2.36. The summed E-state index contributed by atoms with van der Waals surface area (Å²) in [5.41, 5.74) is 0.692. The zero-order valence-electron chi connectivity index (χ0n) is 16.7. The van der Waals surface area contributed by atoms with Crippen LogP contribution in [0.2, 0.25) is 0 Å². The van der Waals surface area contributed by atoms with E-state index in [1.54, 1.807) is 23.1 Å². The summed E-state index contributed by atoms with van der Waals surface area (Å²) in [6, 6.07) is 16.5. The maximum absolute atomic E-state index is 13.4. The van der Waals surface area contributed by atoms with E-state index in [9.17, 15) is 9.59 Å². The van der Waals surface area contributed by atoms with E-state index >= 15 is 0 Å². The molecule has 4 aromatic rings. The number of carbonyl (C=O) groups excluding carboxylic acids is 1. The number of halogens is 1. The van der Waals surface area contributed by atoms with E-state index in [2.05, 4.69) is 9.88 Å². The number of carbonyl (C=O) groups is 1. The molecular formula is C22H22ClN3O3S. The Balaban J connectivity index is 0.00000256. The average molecular weight is 444 g/mol. The summed E-state index contributed by atoms with van der Waals surface area (Å²) in [5, 5.41) is 1.30. The normalized spacial score (nSPS) is 11.0. The topological polar surface area (TPSA) is 66.7 Å². The second kappa shape index (κ2) is 9.38. The van der Waals surface area contributed by atoms with Gasteiger partial charge in [-0.1, -0.05) is 41.7 Å². The van der Waals surface area contributed by atoms with Gasteiger partial charge in [0.2, 0.25) is 0 Å². The van der Waals surface area contributed by atoms with Gasteiger partial charge in [-0.2, -0.15) is 0 Å². The molecular weight excluding hydrogens is 422 g/mol. The smallest absolute Gasteiger partial charge is 0.349 e. The monoisotopic (exact) mass is 443 g/mol. The molecule has 0 spiro atoms. The van der Waals surface area contributed by atoms with Crippen LogP contribution in [0.3, 0.4) is 0 Å². The van der Waals surface area contributed by atoms with Crippen molar-refractivity contribution in [2.45, 2.75) is 6.42 Å². The van der Waals surface area contributed by atoms with E-state index < -0.39 is 5.63 Å². The van der Waals surface area contributed by atoms with Gasteiger partial charge in [0.05, 0.1) is 10.2 Å². The van der Waals surface area contributed by atoms with Gasteiger partial charge < -0.3 is 9.32 Å². The van der Waals surface area contributed by atoms with Gasteiger partial charge in [0.1, 0.15) is 11.1 Å². The Labute approximate surface area is 184 Å². The fourth-order valence-electron chi connectivity index (χ4n) is 3.16. The zero-order chi connectivity index (χ0) is 20.4. The Hall–Kier alpha value is -2.74. The fourth-order valence-corrected chi connectivity index (χ4v) is 4.15. The van der Waals surface area contributed by atoms with Gasteiger partial charge in [-0.3, -0.25) is 9.69 Å². The van der Waals surface area contributed by atoms with E-state index in [-0.39, 0.29) is 23.9 Å². The predicted octanol–water partition coefficient (Wildman–Crippen LogP) is 4.42. The van der Waals surface area contributed by atoms with Crippen LogP contribution < -0.4 is 10.5 Å². The van der Waals surface area contributed by atoms with E-state index in [1.807, 2.05) is 50.5 Å². The lowest BCUT2D eigenvalue weighted by Gasteiger charge is -2.20. The van der Waals surface area contributed by atoms with Gasteiger partial charge in [-0.15, -0.1) is 12.4 Å². The molecule has 0 N–H and O–H groups in total. The summed E-state index contributed by atoms with van der Waals surface area (Å²) in [5.74, 6) is -0.387. The number of para-hydroxylation sites is 2. The number of hydrogen-bond acceptors (Lipinski definition) is 6. The van der Waals surface area contributed by atoms with Crippen molar-refractivity contribution in [3.8, 4) is 0 Å². The van der Waals surface area contributed by atoms with E-state index in [0.717, 1.165) is 23.2 Å². The van der Waals surface area contributed by atoms with Crippen molar-refractivity contribution in [2.24, 2.45) is 0 Å². The standard InChI is InChI=1S/C22H21N3O3S.ClH/c1-24(2)12-7-13-25(22-23-17-9-4-6-11-19(17)29-22)20(26)16-14-15-8-3-5-10-18(15)28-21(16)27;/h3-6,8-11,14H,7,12-13H2,1-2H3;1H. The highest BCUT2D eigenvalue weighted by atomic mass is 35.5. The quantitative estimate of drug-likeness (QED) is 0.412. The Morgan fingerprint density at radius 2 is 1.80 bits per heavy atom. The lowest BCUT2D eigenvalue weighted by atomic mass is 10.1. The minimum absolute atomic E-state index is 0. The molecule has 2 aromatic heterocycles. The highest BCUT2D eigenvalue weighted by molar-refractivity contribution is 7.22. The van der Waals surface area contributed by atoms with Crippen molar-refractivity contribution in [1.29, 1.82) is 0 Å². The Bertz CT molecular complexity index is 1200. The van der Waals surface area contributed by atoms with Crippen LogP contribution in [0.4, 0.5) is 5.13 Å².